The first-order chi connectivity index (χ1) is 7.88. The SMILES string of the molecule is N#Cc1ccc(OC[C@@H]2CNCCO2)cc1. The van der Waals surface area contributed by atoms with Gasteiger partial charge >= 0.3 is 0 Å². The number of benzene rings is 1. The van der Waals surface area contributed by atoms with E-state index in [1.807, 2.05) is 0 Å². The second kappa shape index (κ2) is 5.50. The second-order valence-corrected chi connectivity index (χ2v) is 3.64. The van der Waals surface area contributed by atoms with Crippen molar-refractivity contribution in [2.45, 2.75) is 6.10 Å². The molecule has 84 valence electrons. The molecule has 0 bridgehead atoms. The summed E-state index contributed by atoms with van der Waals surface area (Å²) < 4.78 is 11.1. The lowest BCUT2D eigenvalue weighted by Crippen LogP contribution is -2.41. The molecular weight excluding hydrogens is 204 g/mol. The van der Waals surface area contributed by atoms with Crippen LogP contribution in [0.3, 0.4) is 0 Å². The summed E-state index contributed by atoms with van der Waals surface area (Å²) in [4.78, 5) is 0. The van der Waals surface area contributed by atoms with E-state index in [1.54, 1.807) is 24.3 Å². The van der Waals surface area contributed by atoms with Crippen LogP contribution in [0.4, 0.5) is 0 Å². The molecule has 1 saturated heterocycles. The Hall–Kier alpha value is -1.57. The highest BCUT2D eigenvalue weighted by Crippen LogP contribution is 2.12. The lowest BCUT2D eigenvalue weighted by molar-refractivity contribution is 0.000195. The van der Waals surface area contributed by atoms with Gasteiger partial charge in [-0.15, -0.1) is 0 Å². The average Bonchev–Trinajstić information content (AvgIpc) is 2.38. The summed E-state index contributed by atoms with van der Waals surface area (Å²) >= 11 is 0. The van der Waals surface area contributed by atoms with Gasteiger partial charge in [0.2, 0.25) is 0 Å². The van der Waals surface area contributed by atoms with E-state index in [9.17, 15) is 0 Å². The number of hydrogen-bond acceptors (Lipinski definition) is 4. The summed E-state index contributed by atoms with van der Waals surface area (Å²) in [7, 11) is 0. The summed E-state index contributed by atoms with van der Waals surface area (Å²) in [6.07, 6.45) is 0.115. The maximum absolute atomic E-state index is 8.64. The van der Waals surface area contributed by atoms with Gasteiger partial charge in [-0.2, -0.15) is 5.26 Å². The fourth-order valence-corrected chi connectivity index (χ4v) is 1.54. The molecule has 0 radical (unpaired) electrons. The molecule has 0 saturated carbocycles. The number of nitriles is 1. The van der Waals surface area contributed by atoms with Crippen LogP contribution >= 0.6 is 0 Å². The van der Waals surface area contributed by atoms with Crippen molar-refractivity contribution < 1.29 is 9.47 Å². The Bertz CT molecular complexity index is 364. The Morgan fingerprint density at radius 3 is 2.88 bits per heavy atom. The number of rotatable bonds is 3. The summed E-state index contributed by atoms with van der Waals surface area (Å²) in [6.45, 7) is 3.02. The molecule has 0 unspecified atom stereocenters. The Morgan fingerprint density at radius 1 is 1.44 bits per heavy atom. The zero-order chi connectivity index (χ0) is 11.2. The smallest absolute Gasteiger partial charge is 0.119 e. The number of nitrogens with zero attached hydrogens (tertiary/aromatic N) is 1. The van der Waals surface area contributed by atoms with Gasteiger partial charge in [0.1, 0.15) is 18.5 Å². The Labute approximate surface area is 94.8 Å². The van der Waals surface area contributed by atoms with Gasteiger partial charge < -0.3 is 14.8 Å². The number of morpholine rings is 1. The van der Waals surface area contributed by atoms with Crippen LogP contribution in [0.25, 0.3) is 0 Å². The van der Waals surface area contributed by atoms with Gasteiger partial charge in [-0.3, -0.25) is 0 Å². The molecule has 1 aliphatic rings. The van der Waals surface area contributed by atoms with E-state index < -0.39 is 0 Å². The third-order valence-corrected chi connectivity index (χ3v) is 2.42. The first-order valence-electron chi connectivity index (χ1n) is 5.34. The van der Waals surface area contributed by atoms with E-state index in [4.69, 9.17) is 14.7 Å². The standard InChI is InChI=1S/C12H14N2O2/c13-7-10-1-3-11(4-2-10)16-9-12-8-14-5-6-15-12/h1-4,12,14H,5-6,8-9H2/t12-/m0/s1. The highest BCUT2D eigenvalue weighted by molar-refractivity contribution is 5.34. The molecule has 1 heterocycles. The van der Waals surface area contributed by atoms with Crippen LogP contribution in [-0.2, 0) is 4.74 Å². The minimum absolute atomic E-state index is 0.115. The topological polar surface area (TPSA) is 54.3 Å². The quantitative estimate of drug-likeness (QED) is 0.819. The monoisotopic (exact) mass is 218 g/mol. The molecule has 16 heavy (non-hydrogen) atoms. The Balaban J connectivity index is 1.82. The third kappa shape index (κ3) is 2.96. The number of hydrogen-bond donors (Lipinski definition) is 1. The van der Waals surface area contributed by atoms with Crippen LogP contribution in [0, 0.1) is 11.3 Å². The van der Waals surface area contributed by atoms with Crippen molar-refractivity contribution >= 4 is 0 Å². The minimum atomic E-state index is 0.115. The summed E-state index contributed by atoms with van der Waals surface area (Å²) in [6, 6.07) is 9.16. The van der Waals surface area contributed by atoms with Gasteiger partial charge in [-0.25, -0.2) is 0 Å². The van der Waals surface area contributed by atoms with Crippen LogP contribution in [0.1, 0.15) is 5.56 Å². The molecule has 0 aromatic heterocycles. The van der Waals surface area contributed by atoms with Crippen LogP contribution in [-0.4, -0.2) is 32.4 Å². The summed E-state index contributed by atoms with van der Waals surface area (Å²) in [5.74, 6) is 0.771. The van der Waals surface area contributed by atoms with Gasteiger partial charge in [-0.05, 0) is 24.3 Å². The van der Waals surface area contributed by atoms with E-state index in [0.717, 1.165) is 25.4 Å². The van der Waals surface area contributed by atoms with Gasteiger partial charge in [0, 0.05) is 13.1 Å². The van der Waals surface area contributed by atoms with E-state index in [0.29, 0.717) is 12.2 Å². The molecule has 0 spiro atoms. The van der Waals surface area contributed by atoms with Gasteiger partial charge in [-0.1, -0.05) is 0 Å². The molecule has 0 amide bonds. The summed E-state index contributed by atoms with van der Waals surface area (Å²) in [5.41, 5.74) is 0.642. The van der Waals surface area contributed by atoms with Crippen LogP contribution in [0.2, 0.25) is 0 Å². The minimum Gasteiger partial charge on any atom is -0.491 e. The predicted molar refractivity (Wildman–Crippen MR) is 59.3 cm³/mol. The van der Waals surface area contributed by atoms with E-state index in [1.165, 1.54) is 0 Å². The molecule has 0 aliphatic carbocycles. The molecule has 4 nitrogen and oxygen atoms in total. The lowest BCUT2D eigenvalue weighted by Gasteiger charge is -2.23. The van der Waals surface area contributed by atoms with E-state index >= 15 is 0 Å². The maximum Gasteiger partial charge on any atom is 0.119 e. The molecule has 1 N–H and O–H groups in total. The fraction of sp³-hybridized carbons (Fsp3) is 0.417. The first kappa shape index (κ1) is 10.9. The van der Waals surface area contributed by atoms with Crippen LogP contribution in [0.15, 0.2) is 24.3 Å². The van der Waals surface area contributed by atoms with Gasteiger partial charge in [0.25, 0.3) is 0 Å². The average molecular weight is 218 g/mol. The zero-order valence-electron chi connectivity index (χ0n) is 8.98. The molecular formula is C12H14N2O2. The highest BCUT2D eigenvalue weighted by atomic mass is 16.5. The molecule has 1 aliphatic heterocycles. The molecule has 1 aromatic rings. The van der Waals surface area contributed by atoms with Crippen molar-refractivity contribution in [3.05, 3.63) is 29.8 Å². The van der Waals surface area contributed by atoms with Gasteiger partial charge in [0.15, 0.2) is 0 Å². The lowest BCUT2D eigenvalue weighted by atomic mass is 10.2. The Morgan fingerprint density at radius 2 is 2.25 bits per heavy atom. The summed E-state index contributed by atoms with van der Waals surface area (Å²) in [5, 5.41) is 11.9. The zero-order valence-corrected chi connectivity index (χ0v) is 8.98. The normalized spacial score (nSPS) is 20.1. The fourth-order valence-electron chi connectivity index (χ4n) is 1.54. The second-order valence-electron chi connectivity index (χ2n) is 3.64. The first-order valence-corrected chi connectivity index (χ1v) is 5.34. The molecule has 1 fully saturated rings. The van der Waals surface area contributed by atoms with E-state index in [-0.39, 0.29) is 6.10 Å². The number of ether oxygens (including phenoxy) is 2. The molecule has 4 heteroatoms. The maximum atomic E-state index is 8.64. The number of nitrogens with one attached hydrogen (secondary N) is 1. The van der Waals surface area contributed by atoms with Crippen molar-refractivity contribution in [2.75, 3.05) is 26.3 Å². The third-order valence-electron chi connectivity index (χ3n) is 2.42. The van der Waals surface area contributed by atoms with Crippen molar-refractivity contribution in [2.24, 2.45) is 0 Å². The van der Waals surface area contributed by atoms with Crippen LogP contribution in [0.5, 0.6) is 5.75 Å². The largest absolute Gasteiger partial charge is 0.491 e. The highest BCUT2D eigenvalue weighted by Gasteiger charge is 2.13. The van der Waals surface area contributed by atoms with Crippen molar-refractivity contribution in [3.63, 3.8) is 0 Å². The van der Waals surface area contributed by atoms with Crippen molar-refractivity contribution in [3.8, 4) is 11.8 Å². The van der Waals surface area contributed by atoms with Gasteiger partial charge in [0.05, 0.1) is 18.2 Å². The molecule has 1 atom stereocenters. The Kier molecular flexibility index (Phi) is 3.76. The van der Waals surface area contributed by atoms with Crippen LogP contribution < -0.4 is 10.1 Å². The molecule has 2 rings (SSSR count). The molecule has 1 aromatic carbocycles. The van der Waals surface area contributed by atoms with E-state index in [2.05, 4.69) is 11.4 Å². The van der Waals surface area contributed by atoms with Crippen molar-refractivity contribution in [1.82, 2.24) is 5.32 Å². The van der Waals surface area contributed by atoms with Crippen molar-refractivity contribution in [1.29, 1.82) is 5.26 Å². The predicted octanol–water partition coefficient (Wildman–Crippen LogP) is 0.925.